The van der Waals surface area contributed by atoms with Gasteiger partial charge in [0.2, 0.25) is 0 Å². The fourth-order valence-electron chi connectivity index (χ4n) is 2.14. The van der Waals surface area contributed by atoms with E-state index in [4.69, 9.17) is 0 Å². The molecule has 0 bridgehead atoms. The minimum atomic E-state index is -0.317. The van der Waals surface area contributed by atoms with Gasteiger partial charge in [-0.1, -0.05) is 48.5 Å². The monoisotopic (exact) mass is 280 g/mol. The lowest BCUT2D eigenvalue weighted by Crippen LogP contribution is -2.20. The van der Waals surface area contributed by atoms with Gasteiger partial charge in [0.25, 0.3) is 5.56 Å². The number of rotatable bonds is 3. The summed E-state index contributed by atoms with van der Waals surface area (Å²) in [4.78, 5) is 16.0. The Bertz CT molecular complexity index is 812. The second-order valence-corrected chi connectivity index (χ2v) is 4.70. The molecule has 104 valence electrons. The van der Waals surface area contributed by atoms with Crippen molar-refractivity contribution >= 4 is 0 Å². The zero-order valence-corrected chi connectivity index (χ0v) is 11.2. The van der Waals surface area contributed by atoms with E-state index in [0.29, 0.717) is 11.3 Å². The lowest BCUT2D eigenvalue weighted by molar-refractivity contribution is 0.595. The Morgan fingerprint density at radius 1 is 1.00 bits per heavy atom. The SMILES string of the molecule is O=c1cnc(-c2ccccc2)cn1Cc1ccccc1F. The van der Waals surface area contributed by atoms with Crippen molar-refractivity contribution in [1.29, 1.82) is 0 Å². The molecule has 0 saturated heterocycles. The zero-order chi connectivity index (χ0) is 14.7. The van der Waals surface area contributed by atoms with E-state index in [1.54, 1.807) is 24.4 Å². The molecule has 1 heterocycles. The van der Waals surface area contributed by atoms with E-state index in [-0.39, 0.29) is 17.9 Å². The van der Waals surface area contributed by atoms with Crippen LogP contribution in [0, 0.1) is 5.82 Å². The van der Waals surface area contributed by atoms with Gasteiger partial charge in [-0.25, -0.2) is 9.37 Å². The maximum absolute atomic E-state index is 13.7. The first-order chi connectivity index (χ1) is 10.2. The molecule has 3 rings (SSSR count). The molecular weight excluding hydrogens is 267 g/mol. The maximum atomic E-state index is 13.7. The molecular formula is C17H13FN2O. The lowest BCUT2D eigenvalue weighted by atomic mass is 10.1. The minimum absolute atomic E-state index is 0.188. The third-order valence-electron chi connectivity index (χ3n) is 3.24. The maximum Gasteiger partial charge on any atom is 0.269 e. The van der Waals surface area contributed by atoms with E-state index >= 15 is 0 Å². The molecule has 0 aliphatic heterocycles. The summed E-state index contributed by atoms with van der Waals surface area (Å²) in [6.45, 7) is 0.188. The van der Waals surface area contributed by atoms with Gasteiger partial charge < -0.3 is 4.57 Å². The Kier molecular flexibility index (Phi) is 3.60. The van der Waals surface area contributed by atoms with Gasteiger partial charge in [0.05, 0.1) is 18.4 Å². The Morgan fingerprint density at radius 2 is 1.71 bits per heavy atom. The summed E-state index contributed by atoms with van der Waals surface area (Å²) < 4.78 is 15.2. The number of benzene rings is 2. The Morgan fingerprint density at radius 3 is 2.48 bits per heavy atom. The van der Waals surface area contributed by atoms with Crippen molar-refractivity contribution in [2.75, 3.05) is 0 Å². The van der Waals surface area contributed by atoms with Gasteiger partial charge in [0.15, 0.2) is 0 Å². The van der Waals surface area contributed by atoms with Crippen molar-refractivity contribution in [3.8, 4) is 11.3 Å². The van der Waals surface area contributed by atoms with Crippen LogP contribution >= 0.6 is 0 Å². The van der Waals surface area contributed by atoms with Gasteiger partial charge in [-0.3, -0.25) is 4.79 Å². The summed E-state index contributed by atoms with van der Waals surface area (Å²) in [5.74, 6) is -0.317. The third-order valence-corrected chi connectivity index (χ3v) is 3.24. The van der Waals surface area contributed by atoms with Crippen LogP contribution in [0.4, 0.5) is 4.39 Å². The van der Waals surface area contributed by atoms with E-state index in [2.05, 4.69) is 4.98 Å². The quantitative estimate of drug-likeness (QED) is 0.739. The molecule has 0 aliphatic carbocycles. The average molecular weight is 280 g/mol. The predicted molar refractivity (Wildman–Crippen MR) is 79.4 cm³/mol. The number of hydrogen-bond acceptors (Lipinski definition) is 2. The predicted octanol–water partition coefficient (Wildman–Crippen LogP) is 3.10. The van der Waals surface area contributed by atoms with Crippen molar-refractivity contribution in [2.24, 2.45) is 0 Å². The highest BCUT2D eigenvalue weighted by Crippen LogP contribution is 2.15. The second kappa shape index (κ2) is 5.71. The van der Waals surface area contributed by atoms with Crippen LogP contribution in [0.25, 0.3) is 11.3 Å². The molecule has 0 atom stereocenters. The molecule has 0 unspecified atom stereocenters. The summed E-state index contributed by atoms with van der Waals surface area (Å²) in [5.41, 5.74) is 1.83. The highest BCUT2D eigenvalue weighted by atomic mass is 19.1. The summed E-state index contributed by atoms with van der Waals surface area (Å²) >= 11 is 0. The van der Waals surface area contributed by atoms with Gasteiger partial charge in [0.1, 0.15) is 5.82 Å². The summed E-state index contributed by atoms with van der Waals surface area (Å²) in [5, 5.41) is 0. The molecule has 1 aromatic heterocycles. The fraction of sp³-hybridized carbons (Fsp3) is 0.0588. The first-order valence-electron chi connectivity index (χ1n) is 6.59. The molecule has 0 amide bonds. The topological polar surface area (TPSA) is 34.9 Å². The number of nitrogens with zero attached hydrogens (tertiary/aromatic N) is 2. The molecule has 0 fully saturated rings. The van der Waals surface area contributed by atoms with E-state index in [1.807, 2.05) is 30.3 Å². The Hall–Kier alpha value is -2.75. The molecule has 0 N–H and O–H groups in total. The Labute approximate surface area is 121 Å². The summed E-state index contributed by atoms with van der Waals surface area (Å²) in [6, 6.07) is 16.0. The first kappa shape index (κ1) is 13.2. The molecule has 3 aromatic rings. The van der Waals surface area contributed by atoms with Crippen molar-refractivity contribution in [3.63, 3.8) is 0 Å². The Balaban J connectivity index is 2.00. The molecule has 0 aliphatic rings. The van der Waals surface area contributed by atoms with Crippen LogP contribution in [-0.4, -0.2) is 9.55 Å². The number of halogens is 1. The van der Waals surface area contributed by atoms with Crippen LogP contribution < -0.4 is 5.56 Å². The third kappa shape index (κ3) is 2.89. The standard InChI is InChI=1S/C17H13FN2O/c18-15-9-5-4-8-14(15)11-20-12-16(19-10-17(20)21)13-6-2-1-3-7-13/h1-10,12H,11H2. The summed E-state index contributed by atoms with van der Waals surface area (Å²) in [7, 11) is 0. The molecule has 4 heteroatoms. The lowest BCUT2D eigenvalue weighted by Gasteiger charge is -2.08. The summed E-state index contributed by atoms with van der Waals surface area (Å²) in [6.07, 6.45) is 2.92. The smallest absolute Gasteiger partial charge is 0.269 e. The normalized spacial score (nSPS) is 10.5. The van der Waals surface area contributed by atoms with Crippen LogP contribution in [-0.2, 0) is 6.54 Å². The van der Waals surface area contributed by atoms with Crippen LogP contribution in [0.3, 0.4) is 0 Å². The highest BCUT2D eigenvalue weighted by molar-refractivity contribution is 5.57. The second-order valence-electron chi connectivity index (χ2n) is 4.70. The average Bonchev–Trinajstić information content (AvgIpc) is 2.52. The fourth-order valence-corrected chi connectivity index (χ4v) is 2.14. The van der Waals surface area contributed by atoms with Crippen molar-refractivity contribution in [2.45, 2.75) is 6.54 Å². The van der Waals surface area contributed by atoms with E-state index in [1.165, 1.54) is 16.8 Å². The highest BCUT2D eigenvalue weighted by Gasteiger charge is 2.06. The minimum Gasteiger partial charge on any atom is -0.307 e. The van der Waals surface area contributed by atoms with Crippen molar-refractivity contribution in [1.82, 2.24) is 9.55 Å². The van der Waals surface area contributed by atoms with Gasteiger partial charge in [0, 0.05) is 17.3 Å². The van der Waals surface area contributed by atoms with Crippen LogP contribution in [0.1, 0.15) is 5.56 Å². The van der Waals surface area contributed by atoms with Crippen molar-refractivity contribution < 1.29 is 4.39 Å². The zero-order valence-electron chi connectivity index (χ0n) is 11.2. The van der Waals surface area contributed by atoms with E-state index in [0.717, 1.165) is 5.56 Å². The van der Waals surface area contributed by atoms with Crippen molar-refractivity contribution in [3.05, 3.63) is 88.7 Å². The van der Waals surface area contributed by atoms with E-state index in [9.17, 15) is 9.18 Å². The van der Waals surface area contributed by atoms with Crippen LogP contribution in [0.2, 0.25) is 0 Å². The largest absolute Gasteiger partial charge is 0.307 e. The molecule has 21 heavy (non-hydrogen) atoms. The molecule has 0 saturated carbocycles. The van der Waals surface area contributed by atoms with Crippen LogP contribution in [0.15, 0.2) is 71.8 Å². The number of hydrogen-bond donors (Lipinski definition) is 0. The first-order valence-corrected chi connectivity index (χ1v) is 6.59. The molecule has 3 nitrogen and oxygen atoms in total. The van der Waals surface area contributed by atoms with E-state index < -0.39 is 0 Å². The van der Waals surface area contributed by atoms with Gasteiger partial charge in [-0.05, 0) is 6.07 Å². The molecule has 0 radical (unpaired) electrons. The number of aromatic nitrogens is 2. The molecule has 0 spiro atoms. The van der Waals surface area contributed by atoms with Crippen LogP contribution in [0.5, 0.6) is 0 Å². The van der Waals surface area contributed by atoms with Gasteiger partial charge in [-0.15, -0.1) is 0 Å². The van der Waals surface area contributed by atoms with Gasteiger partial charge >= 0.3 is 0 Å². The van der Waals surface area contributed by atoms with Gasteiger partial charge in [-0.2, -0.15) is 0 Å². The molecule has 2 aromatic carbocycles.